The van der Waals surface area contributed by atoms with Crippen molar-refractivity contribution in [1.29, 1.82) is 0 Å². The number of carbonyl (C=O) groups is 2. The summed E-state index contributed by atoms with van der Waals surface area (Å²) in [7, 11) is 1.37. The van der Waals surface area contributed by atoms with E-state index in [1.165, 1.54) is 7.11 Å². The van der Waals surface area contributed by atoms with Crippen molar-refractivity contribution in [2.24, 2.45) is 11.8 Å². The molecular formula is C29H28F3N3O3. The molecule has 0 unspecified atom stereocenters. The number of esters is 1. The second kappa shape index (κ2) is 10.5. The molecule has 0 radical (unpaired) electrons. The summed E-state index contributed by atoms with van der Waals surface area (Å²) in [5, 5.41) is 4.16. The maximum absolute atomic E-state index is 13.7. The molecule has 2 aromatic heterocycles. The summed E-state index contributed by atoms with van der Waals surface area (Å²) in [5.74, 6) is -0.756. The van der Waals surface area contributed by atoms with Crippen molar-refractivity contribution in [3.8, 4) is 0 Å². The van der Waals surface area contributed by atoms with Crippen LogP contribution in [0.3, 0.4) is 0 Å². The monoisotopic (exact) mass is 523 g/mol. The highest BCUT2D eigenvalue weighted by molar-refractivity contribution is 6.06. The number of aromatic nitrogens is 2. The van der Waals surface area contributed by atoms with Crippen LogP contribution in [0.1, 0.15) is 47.2 Å². The minimum Gasteiger partial charge on any atom is -0.469 e. The maximum atomic E-state index is 13.7. The lowest BCUT2D eigenvalue weighted by Crippen LogP contribution is -2.33. The predicted molar refractivity (Wildman–Crippen MR) is 138 cm³/mol. The summed E-state index contributed by atoms with van der Waals surface area (Å²) in [5.41, 5.74) is 1.28. The Morgan fingerprint density at radius 3 is 2.55 bits per heavy atom. The van der Waals surface area contributed by atoms with Crippen LogP contribution in [0.2, 0.25) is 0 Å². The molecule has 0 bridgehead atoms. The van der Waals surface area contributed by atoms with E-state index in [-0.39, 0.29) is 23.4 Å². The van der Waals surface area contributed by atoms with Gasteiger partial charge in [0.15, 0.2) is 0 Å². The van der Waals surface area contributed by atoms with Gasteiger partial charge in [-0.2, -0.15) is 13.2 Å². The molecule has 0 saturated heterocycles. The Morgan fingerprint density at radius 1 is 1.05 bits per heavy atom. The molecular weight excluding hydrogens is 495 g/mol. The van der Waals surface area contributed by atoms with E-state index in [1.54, 1.807) is 23.0 Å². The fourth-order valence-electron chi connectivity index (χ4n) is 5.32. The Bertz CT molecular complexity index is 1490. The summed E-state index contributed by atoms with van der Waals surface area (Å²) >= 11 is 0. The number of benzene rings is 2. The van der Waals surface area contributed by atoms with E-state index >= 15 is 0 Å². The number of nitrogens with one attached hydrogen (secondary N) is 1. The SMILES string of the molecule is COC(=O)C1CCC(CNC(=O)c2cc(C(F)(F)F)cc3ccn(Cc4cnc5ccccc5c4)c23)CC1. The second-order valence-electron chi connectivity index (χ2n) is 9.89. The van der Waals surface area contributed by atoms with E-state index in [2.05, 4.69) is 10.3 Å². The third-order valence-electron chi connectivity index (χ3n) is 7.37. The number of nitrogens with zero attached hydrogens (tertiary/aromatic N) is 2. The molecule has 1 amide bonds. The number of amides is 1. The lowest BCUT2D eigenvalue weighted by molar-refractivity contribution is -0.146. The smallest absolute Gasteiger partial charge is 0.416 e. The Balaban J connectivity index is 1.40. The lowest BCUT2D eigenvalue weighted by atomic mass is 9.82. The Hall–Kier alpha value is -3.88. The van der Waals surface area contributed by atoms with Crippen LogP contribution in [0.15, 0.2) is 60.9 Å². The first kappa shape index (κ1) is 25.8. The van der Waals surface area contributed by atoms with Crippen LogP contribution in [0.4, 0.5) is 13.2 Å². The number of para-hydroxylation sites is 1. The highest BCUT2D eigenvalue weighted by Crippen LogP contribution is 2.34. The van der Waals surface area contributed by atoms with Gasteiger partial charge in [0.1, 0.15) is 0 Å². The molecule has 0 atom stereocenters. The van der Waals surface area contributed by atoms with E-state index in [0.717, 1.165) is 41.4 Å². The fourth-order valence-corrected chi connectivity index (χ4v) is 5.32. The molecule has 0 spiro atoms. The quantitative estimate of drug-likeness (QED) is 0.316. The lowest BCUT2D eigenvalue weighted by Gasteiger charge is -2.27. The van der Waals surface area contributed by atoms with E-state index in [4.69, 9.17) is 4.74 Å². The van der Waals surface area contributed by atoms with Gasteiger partial charge in [0.2, 0.25) is 0 Å². The number of halogens is 3. The molecule has 0 aliphatic heterocycles. The number of hydrogen-bond acceptors (Lipinski definition) is 4. The zero-order valence-electron chi connectivity index (χ0n) is 20.9. The number of hydrogen-bond donors (Lipinski definition) is 1. The molecule has 1 aliphatic rings. The third-order valence-corrected chi connectivity index (χ3v) is 7.37. The Kier molecular flexibility index (Phi) is 7.10. The van der Waals surface area contributed by atoms with E-state index in [0.29, 0.717) is 36.8 Å². The minimum absolute atomic E-state index is 0.0168. The third kappa shape index (κ3) is 5.37. The van der Waals surface area contributed by atoms with Gasteiger partial charge in [-0.3, -0.25) is 14.6 Å². The van der Waals surface area contributed by atoms with Crippen LogP contribution in [0.5, 0.6) is 0 Å². The van der Waals surface area contributed by atoms with Gasteiger partial charge < -0.3 is 14.6 Å². The topological polar surface area (TPSA) is 73.2 Å². The first-order chi connectivity index (χ1) is 18.2. The van der Waals surface area contributed by atoms with Gasteiger partial charge in [0, 0.05) is 36.3 Å². The summed E-state index contributed by atoms with van der Waals surface area (Å²) in [4.78, 5) is 29.6. The van der Waals surface area contributed by atoms with Crippen LogP contribution < -0.4 is 5.32 Å². The number of methoxy groups -OCH3 is 1. The summed E-state index contributed by atoms with van der Waals surface area (Å²) in [6.45, 7) is 0.685. The summed E-state index contributed by atoms with van der Waals surface area (Å²) in [6, 6.07) is 13.3. The molecule has 1 saturated carbocycles. The van der Waals surface area contributed by atoms with E-state index in [9.17, 15) is 22.8 Å². The van der Waals surface area contributed by atoms with Crippen LogP contribution in [-0.2, 0) is 22.3 Å². The average molecular weight is 524 g/mol. The number of carbonyl (C=O) groups excluding carboxylic acids is 2. The van der Waals surface area contributed by atoms with E-state index < -0.39 is 17.6 Å². The van der Waals surface area contributed by atoms with Crippen LogP contribution in [0.25, 0.3) is 21.8 Å². The number of ether oxygens (including phenoxy) is 1. The number of rotatable bonds is 6. The molecule has 2 heterocycles. The van der Waals surface area contributed by atoms with Crippen LogP contribution in [-0.4, -0.2) is 35.1 Å². The van der Waals surface area contributed by atoms with Crippen LogP contribution >= 0.6 is 0 Å². The minimum atomic E-state index is -4.58. The Labute approximate surface area is 217 Å². The predicted octanol–water partition coefficient (Wildman–Crippen LogP) is 5.97. The molecule has 38 heavy (non-hydrogen) atoms. The molecule has 1 N–H and O–H groups in total. The molecule has 4 aromatic rings. The highest BCUT2D eigenvalue weighted by atomic mass is 19.4. The summed E-state index contributed by atoms with van der Waals surface area (Å²) < 4.78 is 47.7. The molecule has 5 rings (SSSR count). The van der Waals surface area contributed by atoms with Crippen molar-refractivity contribution in [3.05, 3.63) is 77.6 Å². The van der Waals surface area contributed by atoms with Crippen molar-refractivity contribution < 1.29 is 27.5 Å². The molecule has 6 nitrogen and oxygen atoms in total. The molecule has 9 heteroatoms. The van der Waals surface area contributed by atoms with Crippen molar-refractivity contribution in [2.45, 2.75) is 38.4 Å². The second-order valence-corrected chi connectivity index (χ2v) is 9.89. The molecule has 2 aromatic carbocycles. The number of fused-ring (bicyclic) bond motifs is 2. The average Bonchev–Trinajstić information content (AvgIpc) is 3.33. The van der Waals surface area contributed by atoms with Crippen LogP contribution in [0, 0.1) is 11.8 Å². The van der Waals surface area contributed by atoms with Gasteiger partial charge in [-0.15, -0.1) is 0 Å². The normalized spacial score (nSPS) is 18.0. The van der Waals surface area contributed by atoms with E-state index in [1.807, 2.05) is 30.3 Å². The van der Waals surface area contributed by atoms with Gasteiger partial charge >= 0.3 is 12.1 Å². The highest BCUT2D eigenvalue weighted by Gasteiger charge is 2.33. The van der Waals surface area contributed by atoms with Crippen molar-refractivity contribution in [1.82, 2.24) is 14.9 Å². The van der Waals surface area contributed by atoms with Crippen molar-refractivity contribution in [3.63, 3.8) is 0 Å². The summed E-state index contributed by atoms with van der Waals surface area (Å²) in [6.07, 6.45) is 1.67. The molecule has 198 valence electrons. The van der Waals surface area contributed by atoms with Gasteiger partial charge in [0.05, 0.1) is 35.2 Å². The fraction of sp³-hybridized carbons (Fsp3) is 0.345. The molecule has 1 aliphatic carbocycles. The first-order valence-electron chi connectivity index (χ1n) is 12.6. The largest absolute Gasteiger partial charge is 0.469 e. The van der Waals surface area contributed by atoms with Gasteiger partial charge in [-0.25, -0.2) is 0 Å². The van der Waals surface area contributed by atoms with Gasteiger partial charge in [-0.05, 0) is 67.5 Å². The zero-order valence-corrected chi connectivity index (χ0v) is 20.9. The van der Waals surface area contributed by atoms with Gasteiger partial charge in [-0.1, -0.05) is 18.2 Å². The first-order valence-corrected chi connectivity index (χ1v) is 12.6. The number of alkyl halides is 3. The van der Waals surface area contributed by atoms with Crippen molar-refractivity contribution in [2.75, 3.05) is 13.7 Å². The standard InChI is InChI=1S/C29H28F3N3O3/c1-38-28(37)20-8-6-18(7-9-20)15-34-27(36)24-14-23(29(30,31)32)13-22-10-11-35(26(22)24)17-19-12-21-4-2-3-5-25(21)33-16-19/h2-5,10-14,16,18,20H,6-9,15,17H2,1H3,(H,34,36). The number of pyridine rings is 1. The zero-order chi connectivity index (χ0) is 26.9. The van der Waals surface area contributed by atoms with Crippen molar-refractivity contribution >= 4 is 33.7 Å². The Morgan fingerprint density at radius 2 is 1.82 bits per heavy atom. The maximum Gasteiger partial charge on any atom is 0.416 e. The van der Waals surface area contributed by atoms with Gasteiger partial charge in [0.25, 0.3) is 5.91 Å². The molecule has 1 fully saturated rings.